The van der Waals surface area contributed by atoms with Crippen molar-refractivity contribution in [2.24, 2.45) is 0 Å². The van der Waals surface area contributed by atoms with Crippen molar-refractivity contribution >= 4 is 17.4 Å². The van der Waals surface area contributed by atoms with E-state index in [0.29, 0.717) is 18.4 Å². The Morgan fingerprint density at radius 1 is 1.21 bits per heavy atom. The third kappa shape index (κ3) is 2.69. The Morgan fingerprint density at radius 2 is 2.05 bits per heavy atom. The number of rotatable bonds is 2. The molecule has 1 aromatic heterocycles. The first-order chi connectivity index (χ1) is 9.34. The molecule has 0 N–H and O–H groups in total. The van der Waals surface area contributed by atoms with Crippen molar-refractivity contribution in [2.75, 3.05) is 24.7 Å². The van der Waals surface area contributed by atoms with Gasteiger partial charge in [-0.15, -0.1) is 0 Å². The highest BCUT2D eigenvalue weighted by Gasteiger charge is 2.25. The maximum absolute atomic E-state index is 5.95. The number of hydrogen-bond acceptors (Lipinski definition) is 4. The molecule has 3 rings (SSSR count). The summed E-state index contributed by atoms with van der Waals surface area (Å²) in [5, 5.41) is 0.461. The maximum atomic E-state index is 5.95. The molecule has 1 unspecified atom stereocenters. The van der Waals surface area contributed by atoms with Gasteiger partial charge in [-0.3, -0.25) is 0 Å². The summed E-state index contributed by atoms with van der Waals surface area (Å²) < 4.78 is 5.60. The van der Waals surface area contributed by atoms with Gasteiger partial charge in [0.1, 0.15) is 17.3 Å². The van der Waals surface area contributed by atoms with E-state index in [9.17, 15) is 0 Å². The SMILES string of the molecule is Clc1cc(N2CCOCC2c2ccccc2)ncn1. The van der Waals surface area contributed by atoms with Crippen molar-refractivity contribution in [3.8, 4) is 0 Å². The highest BCUT2D eigenvalue weighted by Crippen LogP contribution is 2.28. The summed E-state index contributed by atoms with van der Waals surface area (Å²) in [5.41, 5.74) is 1.22. The second-order valence-corrected chi connectivity index (χ2v) is 4.78. The number of anilines is 1. The van der Waals surface area contributed by atoms with Crippen LogP contribution in [0.4, 0.5) is 5.82 Å². The van der Waals surface area contributed by atoms with E-state index in [-0.39, 0.29) is 6.04 Å². The molecule has 0 aliphatic carbocycles. The first-order valence-electron chi connectivity index (χ1n) is 6.21. The van der Waals surface area contributed by atoms with Crippen LogP contribution < -0.4 is 4.90 Å². The molecule has 5 heteroatoms. The lowest BCUT2D eigenvalue weighted by molar-refractivity contribution is 0.0937. The average Bonchev–Trinajstić information content (AvgIpc) is 2.48. The Balaban J connectivity index is 1.93. The Kier molecular flexibility index (Phi) is 3.62. The van der Waals surface area contributed by atoms with Crippen molar-refractivity contribution < 1.29 is 4.74 Å². The summed E-state index contributed by atoms with van der Waals surface area (Å²) in [6.45, 7) is 2.16. The molecule has 0 bridgehead atoms. The lowest BCUT2D eigenvalue weighted by atomic mass is 10.1. The second-order valence-electron chi connectivity index (χ2n) is 4.39. The van der Waals surface area contributed by atoms with E-state index in [1.54, 1.807) is 6.07 Å². The molecular formula is C14H14ClN3O. The number of aromatic nitrogens is 2. The monoisotopic (exact) mass is 275 g/mol. The molecule has 0 spiro atoms. The van der Waals surface area contributed by atoms with Gasteiger partial charge in [-0.05, 0) is 5.56 Å². The van der Waals surface area contributed by atoms with E-state index < -0.39 is 0 Å². The van der Waals surface area contributed by atoms with Gasteiger partial charge in [0, 0.05) is 12.6 Å². The minimum Gasteiger partial charge on any atom is -0.377 e. The molecule has 98 valence electrons. The molecule has 1 aliphatic rings. The highest BCUT2D eigenvalue weighted by atomic mass is 35.5. The van der Waals surface area contributed by atoms with Gasteiger partial charge in [0.15, 0.2) is 0 Å². The zero-order chi connectivity index (χ0) is 13.1. The number of nitrogens with zero attached hydrogens (tertiary/aromatic N) is 3. The lowest BCUT2D eigenvalue weighted by Crippen LogP contribution is -2.40. The number of halogens is 1. The van der Waals surface area contributed by atoms with E-state index in [0.717, 1.165) is 12.4 Å². The van der Waals surface area contributed by atoms with Gasteiger partial charge in [-0.25, -0.2) is 9.97 Å². The fraction of sp³-hybridized carbons (Fsp3) is 0.286. The van der Waals surface area contributed by atoms with Gasteiger partial charge < -0.3 is 9.64 Å². The van der Waals surface area contributed by atoms with Gasteiger partial charge in [0.25, 0.3) is 0 Å². The summed E-state index contributed by atoms with van der Waals surface area (Å²) in [7, 11) is 0. The minimum atomic E-state index is 0.168. The summed E-state index contributed by atoms with van der Waals surface area (Å²) >= 11 is 5.95. The molecule has 1 aromatic carbocycles. The smallest absolute Gasteiger partial charge is 0.134 e. The van der Waals surface area contributed by atoms with Crippen LogP contribution in [-0.2, 0) is 4.74 Å². The average molecular weight is 276 g/mol. The molecular weight excluding hydrogens is 262 g/mol. The fourth-order valence-corrected chi connectivity index (χ4v) is 2.45. The Bertz CT molecular complexity index is 549. The van der Waals surface area contributed by atoms with Gasteiger partial charge in [-0.1, -0.05) is 41.9 Å². The zero-order valence-electron chi connectivity index (χ0n) is 10.4. The quantitative estimate of drug-likeness (QED) is 0.790. The van der Waals surface area contributed by atoms with Crippen LogP contribution in [-0.4, -0.2) is 29.7 Å². The van der Waals surface area contributed by atoms with E-state index in [1.165, 1.54) is 11.9 Å². The molecule has 4 nitrogen and oxygen atoms in total. The summed E-state index contributed by atoms with van der Waals surface area (Å²) in [6, 6.07) is 12.3. The Labute approximate surface area is 117 Å². The van der Waals surface area contributed by atoms with Crippen molar-refractivity contribution in [1.82, 2.24) is 9.97 Å². The van der Waals surface area contributed by atoms with Crippen LogP contribution in [0.3, 0.4) is 0 Å². The standard InChI is InChI=1S/C14H14ClN3O/c15-13-8-14(17-10-16-13)18-6-7-19-9-12(18)11-4-2-1-3-5-11/h1-5,8,10,12H,6-7,9H2. The molecule has 0 radical (unpaired) electrons. The van der Waals surface area contributed by atoms with E-state index in [4.69, 9.17) is 16.3 Å². The Hall–Kier alpha value is -1.65. The molecule has 1 saturated heterocycles. The molecule has 1 aliphatic heterocycles. The third-order valence-electron chi connectivity index (χ3n) is 3.23. The lowest BCUT2D eigenvalue weighted by Gasteiger charge is -2.36. The van der Waals surface area contributed by atoms with Crippen LogP contribution in [0.5, 0.6) is 0 Å². The van der Waals surface area contributed by atoms with Gasteiger partial charge in [0.2, 0.25) is 0 Å². The molecule has 2 heterocycles. The maximum Gasteiger partial charge on any atom is 0.134 e. The first kappa shape index (κ1) is 12.4. The normalized spacial score (nSPS) is 19.4. The largest absolute Gasteiger partial charge is 0.377 e. The number of hydrogen-bond donors (Lipinski definition) is 0. The number of morpholine rings is 1. The van der Waals surface area contributed by atoms with Crippen LogP contribution in [0.2, 0.25) is 5.15 Å². The molecule has 0 saturated carbocycles. The number of ether oxygens (including phenoxy) is 1. The predicted molar refractivity (Wildman–Crippen MR) is 74.4 cm³/mol. The van der Waals surface area contributed by atoms with Gasteiger partial charge >= 0.3 is 0 Å². The minimum absolute atomic E-state index is 0.168. The molecule has 1 atom stereocenters. The van der Waals surface area contributed by atoms with Crippen molar-refractivity contribution in [3.63, 3.8) is 0 Å². The van der Waals surface area contributed by atoms with Crippen LogP contribution in [0, 0.1) is 0 Å². The fourth-order valence-electron chi connectivity index (χ4n) is 2.31. The van der Waals surface area contributed by atoms with Crippen molar-refractivity contribution in [1.29, 1.82) is 0 Å². The predicted octanol–water partition coefficient (Wildman–Crippen LogP) is 2.71. The van der Waals surface area contributed by atoms with E-state index >= 15 is 0 Å². The number of benzene rings is 1. The highest BCUT2D eigenvalue weighted by molar-refractivity contribution is 6.29. The van der Waals surface area contributed by atoms with Gasteiger partial charge in [0.05, 0.1) is 19.3 Å². The third-order valence-corrected chi connectivity index (χ3v) is 3.43. The summed E-state index contributed by atoms with van der Waals surface area (Å²) in [5.74, 6) is 0.845. The van der Waals surface area contributed by atoms with Crippen molar-refractivity contribution in [3.05, 3.63) is 53.4 Å². The van der Waals surface area contributed by atoms with Crippen LogP contribution >= 0.6 is 11.6 Å². The first-order valence-corrected chi connectivity index (χ1v) is 6.59. The molecule has 1 fully saturated rings. The Morgan fingerprint density at radius 3 is 2.84 bits per heavy atom. The second kappa shape index (κ2) is 5.55. The van der Waals surface area contributed by atoms with Crippen LogP contribution in [0.15, 0.2) is 42.7 Å². The topological polar surface area (TPSA) is 38.2 Å². The van der Waals surface area contributed by atoms with Crippen LogP contribution in [0.1, 0.15) is 11.6 Å². The van der Waals surface area contributed by atoms with Crippen molar-refractivity contribution in [2.45, 2.75) is 6.04 Å². The van der Waals surface area contributed by atoms with E-state index in [1.807, 2.05) is 18.2 Å². The molecule has 19 heavy (non-hydrogen) atoms. The van der Waals surface area contributed by atoms with E-state index in [2.05, 4.69) is 27.0 Å². The molecule has 0 amide bonds. The zero-order valence-corrected chi connectivity index (χ0v) is 11.1. The van der Waals surface area contributed by atoms with Gasteiger partial charge in [-0.2, -0.15) is 0 Å². The summed E-state index contributed by atoms with van der Waals surface area (Å²) in [4.78, 5) is 10.5. The van der Waals surface area contributed by atoms with Crippen LogP contribution in [0.25, 0.3) is 0 Å². The molecule has 2 aromatic rings. The summed E-state index contributed by atoms with van der Waals surface area (Å²) in [6.07, 6.45) is 1.50.